The molecule has 0 bridgehead atoms. The number of benzene rings is 1. The average molecular weight is 216 g/mol. The molecule has 0 aliphatic heterocycles. The maximum absolute atomic E-state index is 10.4. The summed E-state index contributed by atoms with van der Waals surface area (Å²) in [4.78, 5) is 10.4. The molecule has 0 aliphatic carbocycles. The van der Waals surface area contributed by atoms with Crippen molar-refractivity contribution in [1.82, 2.24) is 0 Å². The lowest BCUT2D eigenvalue weighted by Crippen LogP contribution is -1.90. The zero-order valence-corrected chi connectivity index (χ0v) is 9.66. The SMILES string of the molecule is C=C(C)Cc1ccc(C=CC(=O)O)c(C)c1. The van der Waals surface area contributed by atoms with Crippen molar-refractivity contribution in [1.29, 1.82) is 0 Å². The first-order valence-corrected chi connectivity index (χ1v) is 5.14. The molecule has 0 saturated carbocycles. The van der Waals surface area contributed by atoms with Crippen LogP contribution in [-0.4, -0.2) is 11.1 Å². The molecular formula is C14H16O2. The van der Waals surface area contributed by atoms with E-state index in [1.54, 1.807) is 6.08 Å². The topological polar surface area (TPSA) is 37.3 Å². The highest BCUT2D eigenvalue weighted by Crippen LogP contribution is 2.15. The molecule has 0 unspecified atom stereocenters. The van der Waals surface area contributed by atoms with Crippen LogP contribution in [0.15, 0.2) is 36.4 Å². The highest BCUT2D eigenvalue weighted by atomic mass is 16.4. The quantitative estimate of drug-likeness (QED) is 0.619. The van der Waals surface area contributed by atoms with Crippen molar-refractivity contribution >= 4 is 12.0 Å². The molecule has 84 valence electrons. The van der Waals surface area contributed by atoms with Gasteiger partial charge in [-0.1, -0.05) is 30.4 Å². The second-order valence-corrected chi connectivity index (χ2v) is 4.00. The van der Waals surface area contributed by atoms with Crippen molar-refractivity contribution in [2.45, 2.75) is 20.3 Å². The van der Waals surface area contributed by atoms with Crippen LogP contribution in [0.4, 0.5) is 0 Å². The van der Waals surface area contributed by atoms with E-state index in [0.29, 0.717) is 0 Å². The van der Waals surface area contributed by atoms with Crippen molar-refractivity contribution in [3.63, 3.8) is 0 Å². The number of hydrogen-bond acceptors (Lipinski definition) is 1. The van der Waals surface area contributed by atoms with Gasteiger partial charge < -0.3 is 5.11 Å². The van der Waals surface area contributed by atoms with E-state index in [9.17, 15) is 4.79 Å². The molecule has 0 radical (unpaired) electrons. The van der Waals surface area contributed by atoms with Crippen molar-refractivity contribution < 1.29 is 9.90 Å². The van der Waals surface area contributed by atoms with Crippen molar-refractivity contribution in [2.24, 2.45) is 0 Å². The fourth-order valence-corrected chi connectivity index (χ4v) is 1.54. The first-order valence-electron chi connectivity index (χ1n) is 5.14. The predicted molar refractivity (Wildman–Crippen MR) is 66.4 cm³/mol. The Labute approximate surface area is 95.9 Å². The monoisotopic (exact) mass is 216 g/mol. The van der Waals surface area contributed by atoms with Gasteiger partial charge in [-0.15, -0.1) is 0 Å². The van der Waals surface area contributed by atoms with Gasteiger partial charge in [0.05, 0.1) is 0 Å². The second kappa shape index (κ2) is 5.31. The highest BCUT2D eigenvalue weighted by Gasteiger charge is 1.98. The molecule has 0 saturated heterocycles. The number of carbonyl (C=O) groups is 1. The molecule has 0 amide bonds. The molecule has 0 aromatic heterocycles. The molecule has 1 rings (SSSR count). The van der Waals surface area contributed by atoms with Gasteiger partial charge in [-0.25, -0.2) is 4.79 Å². The van der Waals surface area contributed by atoms with E-state index >= 15 is 0 Å². The Balaban J connectivity index is 2.91. The summed E-state index contributed by atoms with van der Waals surface area (Å²) in [5, 5.41) is 8.54. The molecule has 0 fully saturated rings. The molecule has 0 heterocycles. The summed E-state index contributed by atoms with van der Waals surface area (Å²) in [7, 11) is 0. The molecule has 2 heteroatoms. The van der Waals surface area contributed by atoms with Gasteiger partial charge in [0, 0.05) is 6.08 Å². The van der Waals surface area contributed by atoms with Crippen LogP contribution >= 0.6 is 0 Å². The average Bonchev–Trinajstić information content (AvgIpc) is 2.15. The Bertz CT molecular complexity index is 442. The highest BCUT2D eigenvalue weighted by molar-refractivity contribution is 5.85. The van der Waals surface area contributed by atoms with Crippen molar-refractivity contribution in [3.05, 3.63) is 53.1 Å². The molecule has 16 heavy (non-hydrogen) atoms. The third-order valence-electron chi connectivity index (χ3n) is 2.25. The van der Waals surface area contributed by atoms with Gasteiger partial charge in [-0.3, -0.25) is 0 Å². The van der Waals surface area contributed by atoms with E-state index in [4.69, 9.17) is 5.11 Å². The Morgan fingerprint density at radius 3 is 2.69 bits per heavy atom. The summed E-state index contributed by atoms with van der Waals surface area (Å²) < 4.78 is 0. The summed E-state index contributed by atoms with van der Waals surface area (Å²) in [6.45, 7) is 7.84. The van der Waals surface area contributed by atoms with Gasteiger partial charge in [0.1, 0.15) is 0 Å². The van der Waals surface area contributed by atoms with Crippen LogP contribution in [-0.2, 0) is 11.2 Å². The molecule has 1 aromatic carbocycles. The molecular weight excluding hydrogens is 200 g/mol. The first-order chi connectivity index (χ1) is 7.49. The standard InChI is InChI=1S/C14H16O2/c1-10(2)8-12-4-5-13(11(3)9-12)6-7-14(15)16/h4-7,9H,1,8H2,2-3H3,(H,15,16). The number of allylic oxidation sites excluding steroid dienone is 1. The number of carboxylic acid groups (broad SMARTS) is 1. The van der Waals surface area contributed by atoms with E-state index in [1.807, 2.05) is 26.0 Å². The van der Waals surface area contributed by atoms with Crippen molar-refractivity contribution in [3.8, 4) is 0 Å². The second-order valence-electron chi connectivity index (χ2n) is 4.00. The van der Waals surface area contributed by atoms with E-state index in [-0.39, 0.29) is 0 Å². The Morgan fingerprint density at radius 1 is 1.50 bits per heavy atom. The maximum atomic E-state index is 10.4. The van der Waals surface area contributed by atoms with Crippen molar-refractivity contribution in [2.75, 3.05) is 0 Å². The lowest BCUT2D eigenvalue weighted by Gasteiger charge is -2.05. The summed E-state index contributed by atoms with van der Waals surface area (Å²) >= 11 is 0. The molecule has 0 spiro atoms. The van der Waals surface area contributed by atoms with Gasteiger partial charge in [0.15, 0.2) is 0 Å². The number of hydrogen-bond donors (Lipinski definition) is 1. The summed E-state index contributed by atoms with van der Waals surface area (Å²) in [6.07, 6.45) is 3.63. The van der Waals surface area contributed by atoms with Gasteiger partial charge in [0.2, 0.25) is 0 Å². The van der Waals surface area contributed by atoms with Crippen LogP contribution in [0.3, 0.4) is 0 Å². The van der Waals surface area contributed by atoms with E-state index in [0.717, 1.165) is 29.2 Å². The zero-order valence-electron chi connectivity index (χ0n) is 9.66. The van der Waals surface area contributed by atoms with Gasteiger partial charge in [-0.2, -0.15) is 0 Å². The molecule has 1 N–H and O–H groups in total. The Kier molecular flexibility index (Phi) is 4.06. The number of aliphatic carboxylic acids is 1. The van der Waals surface area contributed by atoms with Gasteiger partial charge in [-0.05, 0) is 43.0 Å². The number of carboxylic acids is 1. The fourth-order valence-electron chi connectivity index (χ4n) is 1.54. The Morgan fingerprint density at radius 2 is 2.19 bits per heavy atom. The predicted octanol–water partition coefficient (Wildman–Crippen LogP) is 3.21. The fraction of sp³-hybridized carbons (Fsp3) is 0.214. The van der Waals surface area contributed by atoms with E-state index < -0.39 is 5.97 Å². The number of aryl methyl sites for hydroxylation is 1. The van der Waals surface area contributed by atoms with Crippen LogP contribution in [0.25, 0.3) is 6.08 Å². The largest absolute Gasteiger partial charge is 0.478 e. The minimum atomic E-state index is -0.926. The normalized spacial score (nSPS) is 10.6. The minimum absolute atomic E-state index is 0.865. The van der Waals surface area contributed by atoms with Crippen LogP contribution in [0.1, 0.15) is 23.6 Å². The maximum Gasteiger partial charge on any atom is 0.328 e. The smallest absolute Gasteiger partial charge is 0.328 e. The third kappa shape index (κ3) is 3.73. The number of rotatable bonds is 4. The van der Waals surface area contributed by atoms with Gasteiger partial charge >= 0.3 is 5.97 Å². The first kappa shape index (κ1) is 12.2. The summed E-state index contributed by atoms with van der Waals surface area (Å²) in [5.74, 6) is -0.926. The lowest BCUT2D eigenvalue weighted by molar-refractivity contribution is -0.131. The Hall–Kier alpha value is -1.83. The van der Waals surface area contributed by atoms with Crippen LogP contribution in [0, 0.1) is 6.92 Å². The molecule has 0 aliphatic rings. The minimum Gasteiger partial charge on any atom is -0.478 e. The summed E-state index contributed by atoms with van der Waals surface area (Å²) in [5.41, 5.74) is 4.34. The lowest BCUT2D eigenvalue weighted by atomic mass is 10.0. The van der Waals surface area contributed by atoms with Gasteiger partial charge in [0.25, 0.3) is 0 Å². The molecule has 0 atom stereocenters. The van der Waals surface area contributed by atoms with Crippen LogP contribution in [0.5, 0.6) is 0 Å². The van der Waals surface area contributed by atoms with Crippen LogP contribution in [0.2, 0.25) is 0 Å². The zero-order chi connectivity index (χ0) is 12.1. The molecule has 1 aromatic rings. The molecule has 2 nitrogen and oxygen atoms in total. The van der Waals surface area contributed by atoms with Crippen LogP contribution < -0.4 is 0 Å². The summed E-state index contributed by atoms with van der Waals surface area (Å²) in [6, 6.07) is 6.01. The van der Waals surface area contributed by atoms with E-state index in [1.165, 1.54) is 5.56 Å². The van der Waals surface area contributed by atoms with E-state index in [2.05, 4.69) is 12.6 Å². The third-order valence-corrected chi connectivity index (χ3v) is 2.25.